The predicted octanol–water partition coefficient (Wildman–Crippen LogP) is 3.01. The van der Waals surface area contributed by atoms with Crippen molar-refractivity contribution in [2.24, 2.45) is 0 Å². The van der Waals surface area contributed by atoms with Gasteiger partial charge in [-0.15, -0.1) is 11.8 Å². The maximum absolute atomic E-state index is 12.9. The standard InChI is InChI=1S/C12H13ClFNO3S/c1-12(2,11(17)18)19-6-10(16)15-7-3-4-9(14)8(13)5-7/h3-5H,6H2,1-2H3,(H,15,16)(H,17,18). The highest BCUT2D eigenvalue weighted by molar-refractivity contribution is 8.02. The molecule has 1 aromatic carbocycles. The molecule has 104 valence electrons. The van der Waals surface area contributed by atoms with Crippen LogP contribution in [-0.4, -0.2) is 27.5 Å². The molecule has 0 aliphatic carbocycles. The van der Waals surface area contributed by atoms with Crippen molar-refractivity contribution in [3.8, 4) is 0 Å². The summed E-state index contributed by atoms with van der Waals surface area (Å²) in [6.45, 7) is 3.03. The number of anilines is 1. The highest BCUT2D eigenvalue weighted by Crippen LogP contribution is 2.25. The Labute approximate surface area is 119 Å². The van der Waals surface area contributed by atoms with Gasteiger partial charge in [-0.05, 0) is 32.0 Å². The van der Waals surface area contributed by atoms with E-state index in [1.54, 1.807) is 0 Å². The van der Waals surface area contributed by atoms with Crippen molar-refractivity contribution < 1.29 is 19.1 Å². The van der Waals surface area contributed by atoms with Crippen LogP contribution in [0.3, 0.4) is 0 Å². The number of rotatable bonds is 5. The Balaban J connectivity index is 2.56. The van der Waals surface area contributed by atoms with E-state index < -0.39 is 16.5 Å². The lowest BCUT2D eigenvalue weighted by atomic mass is 10.2. The zero-order valence-corrected chi connectivity index (χ0v) is 11.9. The van der Waals surface area contributed by atoms with Gasteiger partial charge < -0.3 is 10.4 Å². The molecule has 0 fully saturated rings. The number of nitrogens with one attached hydrogen (secondary N) is 1. The fourth-order valence-electron chi connectivity index (χ4n) is 1.08. The number of thioether (sulfide) groups is 1. The summed E-state index contributed by atoms with van der Waals surface area (Å²) in [5, 5.41) is 11.3. The van der Waals surface area contributed by atoms with Gasteiger partial charge in [-0.2, -0.15) is 0 Å². The largest absolute Gasteiger partial charge is 0.480 e. The third-order valence-electron chi connectivity index (χ3n) is 2.28. The van der Waals surface area contributed by atoms with Crippen molar-refractivity contribution in [2.45, 2.75) is 18.6 Å². The first-order valence-corrected chi connectivity index (χ1v) is 6.71. The van der Waals surface area contributed by atoms with Crippen LogP contribution in [0.2, 0.25) is 5.02 Å². The van der Waals surface area contributed by atoms with Gasteiger partial charge >= 0.3 is 5.97 Å². The zero-order chi connectivity index (χ0) is 14.6. The number of carboxylic acids is 1. The summed E-state index contributed by atoms with van der Waals surface area (Å²) in [5.74, 6) is -1.95. The lowest BCUT2D eigenvalue weighted by molar-refractivity contribution is -0.138. The molecule has 0 aliphatic heterocycles. The number of halogens is 2. The quantitative estimate of drug-likeness (QED) is 0.877. The molecule has 19 heavy (non-hydrogen) atoms. The number of benzene rings is 1. The molecule has 0 saturated heterocycles. The molecule has 0 aliphatic rings. The minimum Gasteiger partial charge on any atom is -0.480 e. The molecule has 0 aromatic heterocycles. The third kappa shape index (κ3) is 4.72. The van der Waals surface area contributed by atoms with Crippen LogP contribution in [0.15, 0.2) is 18.2 Å². The van der Waals surface area contributed by atoms with Gasteiger partial charge in [-0.25, -0.2) is 4.39 Å². The Morgan fingerprint density at radius 3 is 2.63 bits per heavy atom. The van der Waals surface area contributed by atoms with E-state index in [0.717, 1.165) is 17.8 Å². The van der Waals surface area contributed by atoms with Crippen LogP contribution < -0.4 is 5.32 Å². The Hall–Kier alpha value is -1.27. The third-order valence-corrected chi connectivity index (χ3v) is 3.87. The van der Waals surface area contributed by atoms with E-state index in [4.69, 9.17) is 16.7 Å². The summed E-state index contributed by atoms with van der Waals surface area (Å²) in [7, 11) is 0. The zero-order valence-electron chi connectivity index (χ0n) is 10.4. The lowest BCUT2D eigenvalue weighted by Crippen LogP contribution is -2.29. The molecule has 0 unspecified atom stereocenters. The topological polar surface area (TPSA) is 66.4 Å². The first kappa shape index (κ1) is 15.8. The van der Waals surface area contributed by atoms with Gasteiger partial charge in [0.1, 0.15) is 10.6 Å². The van der Waals surface area contributed by atoms with E-state index in [9.17, 15) is 14.0 Å². The summed E-state index contributed by atoms with van der Waals surface area (Å²) < 4.78 is 11.9. The van der Waals surface area contributed by atoms with Crippen LogP contribution in [0.4, 0.5) is 10.1 Å². The van der Waals surface area contributed by atoms with Crippen LogP contribution in [0, 0.1) is 5.82 Å². The molecule has 0 heterocycles. The van der Waals surface area contributed by atoms with Crippen molar-refractivity contribution in [2.75, 3.05) is 11.1 Å². The van der Waals surface area contributed by atoms with E-state index in [2.05, 4.69) is 5.32 Å². The van der Waals surface area contributed by atoms with Gasteiger partial charge in [0.15, 0.2) is 0 Å². The van der Waals surface area contributed by atoms with Crippen LogP contribution in [-0.2, 0) is 9.59 Å². The Morgan fingerprint density at radius 1 is 1.47 bits per heavy atom. The number of amides is 1. The number of carboxylic acid groups (broad SMARTS) is 1. The lowest BCUT2D eigenvalue weighted by Gasteiger charge is -2.17. The Bertz CT molecular complexity index is 508. The van der Waals surface area contributed by atoms with E-state index >= 15 is 0 Å². The van der Waals surface area contributed by atoms with Gasteiger partial charge in [-0.1, -0.05) is 11.6 Å². The molecule has 1 rings (SSSR count). The highest BCUT2D eigenvalue weighted by Gasteiger charge is 2.28. The first-order chi connectivity index (χ1) is 8.72. The smallest absolute Gasteiger partial charge is 0.319 e. The minimum atomic E-state index is -1.04. The van der Waals surface area contributed by atoms with Crippen molar-refractivity contribution >= 4 is 40.9 Å². The number of hydrogen-bond acceptors (Lipinski definition) is 3. The summed E-state index contributed by atoms with van der Waals surface area (Å²) >= 11 is 6.58. The summed E-state index contributed by atoms with van der Waals surface area (Å²) in [6, 6.07) is 3.82. The summed E-state index contributed by atoms with van der Waals surface area (Å²) in [5.41, 5.74) is 0.366. The van der Waals surface area contributed by atoms with E-state index in [1.165, 1.54) is 26.0 Å². The fraction of sp³-hybridized carbons (Fsp3) is 0.333. The van der Waals surface area contributed by atoms with Gasteiger partial charge in [0.25, 0.3) is 0 Å². The molecule has 1 amide bonds. The fourth-order valence-corrected chi connectivity index (χ4v) is 1.95. The van der Waals surface area contributed by atoms with Gasteiger partial charge in [0.05, 0.1) is 10.8 Å². The SMILES string of the molecule is CC(C)(SCC(=O)Nc1ccc(F)c(Cl)c1)C(=O)O. The monoisotopic (exact) mass is 305 g/mol. The molecular formula is C12H13ClFNO3S. The van der Waals surface area contributed by atoms with E-state index in [-0.39, 0.29) is 16.7 Å². The summed E-state index contributed by atoms with van der Waals surface area (Å²) in [6.07, 6.45) is 0. The minimum absolute atomic E-state index is 0.0195. The number of carbonyl (C=O) groups is 2. The number of carbonyl (C=O) groups excluding carboxylic acids is 1. The second kappa shape index (κ2) is 6.25. The molecular weight excluding hydrogens is 293 g/mol. The second-order valence-corrected chi connectivity index (χ2v) is 6.29. The molecule has 0 bridgehead atoms. The van der Waals surface area contributed by atoms with Crippen molar-refractivity contribution in [1.82, 2.24) is 0 Å². The molecule has 0 atom stereocenters. The second-order valence-electron chi connectivity index (χ2n) is 4.28. The maximum Gasteiger partial charge on any atom is 0.319 e. The van der Waals surface area contributed by atoms with E-state index in [1.807, 2.05) is 0 Å². The van der Waals surface area contributed by atoms with Crippen LogP contribution in [0.5, 0.6) is 0 Å². The molecule has 4 nitrogen and oxygen atoms in total. The van der Waals surface area contributed by atoms with Crippen molar-refractivity contribution in [3.63, 3.8) is 0 Å². The Morgan fingerprint density at radius 2 is 2.11 bits per heavy atom. The van der Waals surface area contributed by atoms with Crippen LogP contribution >= 0.6 is 23.4 Å². The Kier molecular flexibility index (Phi) is 5.20. The van der Waals surface area contributed by atoms with Crippen LogP contribution in [0.25, 0.3) is 0 Å². The molecule has 0 saturated carbocycles. The molecule has 0 radical (unpaired) electrons. The maximum atomic E-state index is 12.9. The molecule has 0 spiro atoms. The summed E-state index contributed by atoms with van der Waals surface area (Å²) in [4.78, 5) is 22.5. The van der Waals surface area contributed by atoms with Crippen molar-refractivity contribution in [3.05, 3.63) is 29.0 Å². The van der Waals surface area contributed by atoms with Crippen molar-refractivity contribution in [1.29, 1.82) is 0 Å². The number of aliphatic carboxylic acids is 1. The highest BCUT2D eigenvalue weighted by atomic mass is 35.5. The average molecular weight is 306 g/mol. The van der Waals surface area contributed by atoms with Gasteiger partial charge in [0.2, 0.25) is 5.91 Å². The van der Waals surface area contributed by atoms with Gasteiger partial charge in [0, 0.05) is 5.69 Å². The number of hydrogen-bond donors (Lipinski definition) is 2. The molecule has 7 heteroatoms. The van der Waals surface area contributed by atoms with E-state index in [0.29, 0.717) is 5.69 Å². The molecule has 2 N–H and O–H groups in total. The predicted molar refractivity (Wildman–Crippen MR) is 74.2 cm³/mol. The normalized spacial score (nSPS) is 11.2. The average Bonchev–Trinajstić information content (AvgIpc) is 2.31. The van der Waals surface area contributed by atoms with Crippen LogP contribution in [0.1, 0.15) is 13.8 Å². The van der Waals surface area contributed by atoms with Gasteiger partial charge in [-0.3, -0.25) is 9.59 Å². The molecule has 1 aromatic rings. The first-order valence-electron chi connectivity index (χ1n) is 5.34.